The zero-order valence-corrected chi connectivity index (χ0v) is 9.91. The molecule has 2 aliphatic rings. The quantitative estimate of drug-likeness (QED) is 0.794. The zero-order valence-electron chi connectivity index (χ0n) is 9.09. The highest BCUT2D eigenvalue weighted by Crippen LogP contribution is 2.28. The molecule has 1 aliphatic carbocycles. The number of carboxylic acids is 1. The SMILES string of the molecule is O=C(O)CN(C(=O)N1CCSCC1)C1CC1. The molecule has 1 saturated heterocycles. The summed E-state index contributed by atoms with van der Waals surface area (Å²) in [5.74, 6) is 0.987. The Hall–Kier alpha value is -0.910. The second-order valence-corrected chi connectivity index (χ2v) is 5.36. The molecule has 6 heteroatoms. The summed E-state index contributed by atoms with van der Waals surface area (Å²) in [6, 6.07) is 0.0726. The van der Waals surface area contributed by atoms with Gasteiger partial charge in [-0.05, 0) is 12.8 Å². The molecule has 1 aliphatic heterocycles. The van der Waals surface area contributed by atoms with Crippen molar-refractivity contribution in [3.05, 3.63) is 0 Å². The van der Waals surface area contributed by atoms with Crippen molar-refractivity contribution in [3.8, 4) is 0 Å². The van der Waals surface area contributed by atoms with Gasteiger partial charge < -0.3 is 14.9 Å². The lowest BCUT2D eigenvalue weighted by atomic mass is 10.4. The van der Waals surface area contributed by atoms with E-state index in [4.69, 9.17) is 5.11 Å². The number of carboxylic acid groups (broad SMARTS) is 1. The maximum absolute atomic E-state index is 12.1. The molecule has 0 atom stereocenters. The van der Waals surface area contributed by atoms with Crippen molar-refractivity contribution in [1.82, 2.24) is 9.80 Å². The lowest BCUT2D eigenvalue weighted by Gasteiger charge is -2.32. The molecule has 90 valence electrons. The lowest BCUT2D eigenvalue weighted by molar-refractivity contribution is -0.137. The van der Waals surface area contributed by atoms with Gasteiger partial charge in [-0.25, -0.2) is 4.79 Å². The van der Waals surface area contributed by atoms with E-state index in [0.29, 0.717) is 0 Å². The zero-order chi connectivity index (χ0) is 11.5. The van der Waals surface area contributed by atoms with Gasteiger partial charge in [0.2, 0.25) is 0 Å². The minimum atomic E-state index is -0.924. The van der Waals surface area contributed by atoms with Crippen LogP contribution >= 0.6 is 11.8 Å². The van der Waals surface area contributed by atoms with Crippen LogP contribution < -0.4 is 0 Å². The van der Waals surface area contributed by atoms with E-state index in [1.807, 2.05) is 11.8 Å². The molecule has 0 radical (unpaired) electrons. The van der Waals surface area contributed by atoms with Gasteiger partial charge >= 0.3 is 12.0 Å². The van der Waals surface area contributed by atoms with Crippen LogP contribution in [-0.2, 0) is 4.79 Å². The average Bonchev–Trinajstić information content (AvgIpc) is 3.10. The molecule has 0 aromatic carbocycles. The standard InChI is InChI=1S/C10H16N2O3S/c13-9(14)7-12(8-1-2-8)10(15)11-3-5-16-6-4-11/h8H,1-7H2,(H,13,14). The maximum atomic E-state index is 12.1. The predicted molar refractivity (Wildman–Crippen MR) is 61.7 cm³/mol. The Morgan fingerprint density at radius 1 is 1.31 bits per heavy atom. The van der Waals surface area contributed by atoms with Crippen LogP contribution in [0.2, 0.25) is 0 Å². The van der Waals surface area contributed by atoms with E-state index in [-0.39, 0.29) is 18.6 Å². The Bertz CT molecular complexity index is 288. The average molecular weight is 244 g/mol. The molecule has 0 aromatic rings. The van der Waals surface area contributed by atoms with Crippen molar-refractivity contribution in [2.45, 2.75) is 18.9 Å². The van der Waals surface area contributed by atoms with Gasteiger partial charge in [-0.3, -0.25) is 4.79 Å². The molecular weight excluding hydrogens is 228 g/mol. The van der Waals surface area contributed by atoms with Gasteiger partial charge in [0, 0.05) is 30.6 Å². The van der Waals surface area contributed by atoms with Crippen molar-refractivity contribution >= 4 is 23.8 Å². The molecule has 5 nitrogen and oxygen atoms in total. The van der Waals surface area contributed by atoms with Gasteiger partial charge in [-0.2, -0.15) is 11.8 Å². The van der Waals surface area contributed by atoms with Crippen LogP contribution in [0.15, 0.2) is 0 Å². The van der Waals surface area contributed by atoms with Crippen LogP contribution in [0.25, 0.3) is 0 Å². The first-order valence-corrected chi connectivity index (χ1v) is 6.69. The third-order valence-electron chi connectivity index (χ3n) is 2.82. The van der Waals surface area contributed by atoms with E-state index >= 15 is 0 Å². The highest BCUT2D eigenvalue weighted by atomic mass is 32.2. The molecule has 1 saturated carbocycles. The monoisotopic (exact) mass is 244 g/mol. The number of thioether (sulfide) groups is 1. The number of hydrogen-bond acceptors (Lipinski definition) is 3. The maximum Gasteiger partial charge on any atom is 0.323 e. The third-order valence-corrected chi connectivity index (χ3v) is 3.76. The van der Waals surface area contributed by atoms with Gasteiger partial charge in [0.05, 0.1) is 0 Å². The van der Waals surface area contributed by atoms with Crippen LogP contribution in [0.5, 0.6) is 0 Å². The first kappa shape index (κ1) is 11.6. The highest BCUT2D eigenvalue weighted by molar-refractivity contribution is 7.99. The van der Waals surface area contributed by atoms with Crippen LogP contribution in [-0.4, -0.2) is 64.1 Å². The van der Waals surface area contributed by atoms with Crippen molar-refractivity contribution in [3.63, 3.8) is 0 Å². The molecule has 1 heterocycles. The lowest BCUT2D eigenvalue weighted by Crippen LogP contribution is -2.49. The molecule has 0 spiro atoms. The number of hydrogen-bond donors (Lipinski definition) is 1. The fraction of sp³-hybridized carbons (Fsp3) is 0.800. The molecule has 0 aromatic heterocycles. The van der Waals surface area contributed by atoms with Crippen LogP contribution in [0.4, 0.5) is 4.79 Å². The molecule has 2 rings (SSSR count). The van der Waals surface area contributed by atoms with Crippen LogP contribution in [0.1, 0.15) is 12.8 Å². The molecule has 0 bridgehead atoms. The van der Waals surface area contributed by atoms with Gasteiger partial charge in [0.1, 0.15) is 6.54 Å². The van der Waals surface area contributed by atoms with E-state index in [0.717, 1.165) is 37.4 Å². The minimum absolute atomic E-state index is 0.0924. The number of carbonyl (C=O) groups excluding carboxylic acids is 1. The van der Waals surface area contributed by atoms with Crippen LogP contribution in [0.3, 0.4) is 0 Å². The molecule has 0 unspecified atom stereocenters. The second-order valence-electron chi connectivity index (χ2n) is 4.13. The van der Waals surface area contributed by atoms with Gasteiger partial charge in [0.15, 0.2) is 0 Å². The number of carbonyl (C=O) groups is 2. The Labute approximate surface area is 98.8 Å². The first-order valence-electron chi connectivity index (χ1n) is 5.53. The first-order chi connectivity index (χ1) is 7.68. The van der Waals surface area contributed by atoms with Crippen molar-refractivity contribution in [2.24, 2.45) is 0 Å². The van der Waals surface area contributed by atoms with Crippen molar-refractivity contribution in [1.29, 1.82) is 0 Å². The van der Waals surface area contributed by atoms with Crippen LogP contribution in [0, 0.1) is 0 Å². The van der Waals surface area contributed by atoms with E-state index in [9.17, 15) is 9.59 Å². The number of nitrogens with zero attached hydrogens (tertiary/aromatic N) is 2. The number of rotatable bonds is 3. The topological polar surface area (TPSA) is 60.9 Å². The second kappa shape index (κ2) is 4.95. The Morgan fingerprint density at radius 2 is 1.94 bits per heavy atom. The summed E-state index contributed by atoms with van der Waals surface area (Å²) in [4.78, 5) is 26.1. The van der Waals surface area contributed by atoms with Crippen molar-refractivity contribution in [2.75, 3.05) is 31.1 Å². The molecule has 16 heavy (non-hydrogen) atoms. The highest BCUT2D eigenvalue weighted by Gasteiger charge is 2.36. The molecule has 2 amide bonds. The number of aliphatic carboxylic acids is 1. The van der Waals surface area contributed by atoms with Gasteiger partial charge in [-0.15, -0.1) is 0 Å². The summed E-state index contributed by atoms with van der Waals surface area (Å²) in [5.41, 5.74) is 0. The smallest absolute Gasteiger partial charge is 0.323 e. The third kappa shape index (κ3) is 2.81. The van der Waals surface area contributed by atoms with E-state index < -0.39 is 5.97 Å². The summed E-state index contributed by atoms with van der Waals surface area (Å²) < 4.78 is 0. The molecule has 2 fully saturated rings. The molecular formula is C10H16N2O3S. The van der Waals surface area contributed by atoms with Crippen molar-refractivity contribution < 1.29 is 14.7 Å². The Balaban J connectivity index is 1.95. The largest absolute Gasteiger partial charge is 0.480 e. The Morgan fingerprint density at radius 3 is 2.44 bits per heavy atom. The van der Waals surface area contributed by atoms with E-state index in [1.165, 1.54) is 4.90 Å². The van der Waals surface area contributed by atoms with E-state index in [2.05, 4.69) is 0 Å². The summed E-state index contributed by atoms with van der Waals surface area (Å²) in [5, 5.41) is 8.79. The fourth-order valence-corrected chi connectivity index (χ4v) is 2.72. The van der Waals surface area contributed by atoms with Gasteiger partial charge in [0.25, 0.3) is 0 Å². The summed E-state index contributed by atoms with van der Waals surface area (Å²) in [6.07, 6.45) is 1.89. The van der Waals surface area contributed by atoms with E-state index in [1.54, 1.807) is 4.90 Å². The number of amides is 2. The van der Waals surface area contributed by atoms with Gasteiger partial charge in [-0.1, -0.05) is 0 Å². The molecule has 1 N–H and O–H groups in total. The minimum Gasteiger partial charge on any atom is -0.480 e. The normalized spacial score (nSPS) is 20.6. The fourth-order valence-electron chi connectivity index (χ4n) is 1.82. The predicted octanol–water partition coefficient (Wildman–Crippen LogP) is 0.704. The summed E-state index contributed by atoms with van der Waals surface area (Å²) >= 11 is 1.84. The number of urea groups is 1. The Kier molecular flexibility index (Phi) is 3.58. The summed E-state index contributed by atoms with van der Waals surface area (Å²) in [7, 11) is 0. The summed E-state index contributed by atoms with van der Waals surface area (Å²) in [6.45, 7) is 1.33.